The van der Waals surface area contributed by atoms with Crippen LogP contribution in [0, 0.1) is 0 Å². The first-order valence-electron chi connectivity index (χ1n) is 10.3. The number of nitrogens with one attached hydrogen (secondary N) is 3. The number of ether oxygens (including phenoxy) is 1. The zero-order valence-electron chi connectivity index (χ0n) is 18.3. The molecule has 1 heterocycles. The molecule has 1 aromatic heterocycles. The Morgan fingerprint density at radius 3 is 2.64 bits per heavy atom. The zero-order valence-corrected chi connectivity index (χ0v) is 19.1. The number of aromatic nitrogens is 2. The van der Waals surface area contributed by atoms with Gasteiger partial charge in [0.05, 0.1) is 47.6 Å². The molecule has 1 atom stereocenters. The van der Waals surface area contributed by atoms with Crippen LogP contribution in [0.3, 0.4) is 0 Å². The van der Waals surface area contributed by atoms with E-state index in [2.05, 4.69) is 25.9 Å². The molecule has 5 N–H and O–H groups in total. The Labute approximate surface area is 196 Å². The number of phenols is 1. The molecule has 1 unspecified atom stereocenters. The van der Waals surface area contributed by atoms with Gasteiger partial charge in [0.1, 0.15) is 17.3 Å². The number of hydrogen-bond donors (Lipinski definition) is 5. The number of phenolic OH excluding ortho intramolecular Hbond substituents is 1. The first-order valence-corrected chi connectivity index (χ1v) is 10.7. The topological polar surface area (TPSA) is 129 Å². The van der Waals surface area contributed by atoms with Crippen LogP contribution in [-0.4, -0.2) is 58.9 Å². The van der Waals surface area contributed by atoms with Crippen LogP contribution in [0.25, 0.3) is 11.3 Å². The monoisotopic (exact) mass is 471 g/mol. The third-order valence-electron chi connectivity index (χ3n) is 4.62. The fourth-order valence-electron chi connectivity index (χ4n) is 3.00. The average molecular weight is 472 g/mol. The molecule has 1 amide bonds. The van der Waals surface area contributed by atoms with Crippen LogP contribution in [0.5, 0.6) is 11.5 Å². The van der Waals surface area contributed by atoms with Gasteiger partial charge in [0.25, 0.3) is 5.91 Å². The Morgan fingerprint density at radius 1 is 1.18 bits per heavy atom. The van der Waals surface area contributed by atoms with Crippen molar-refractivity contribution in [3.8, 4) is 22.8 Å². The lowest BCUT2D eigenvalue weighted by Gasteiger charge is -2.14. The summed E-state index contributed by atoms with van der Waals surface area (Å²) in [4.78, 5) is 21.3. The van der Waals surface area contributed by atoms with Gasteiger partial charge >= 0.3 is 0 Å². The molecule has 174 valence electrons. The van der Waals surface area contributed by atoms with E-state index in [0.29, 0.717) is 53.2 Å². The highest BCUT2D eigenvalue weighted by Crippen LogP contribution is 2.33. The number of aromatic hydroxyl groups is 1. The lowest BCUT2D eigenvalue weighted by atomic mass is 10.1. The van der Waals surface area contributed by atoms with E-state index in [9.17, 15) is 15.0 Å². The number of carbonyl (C=O) groups excluding carboxylic acids is 1. The normalized spacial score (nSPS) is 11.6. The highest BCUT2D eigenvalue weighted by Gasteiger charge is 2.16. The third kappa shape index (κ3) is 6.79. The largest absolute Gasteiger partial charge is 0.508 e. The molecular weight excluding hydrogens is 446 g/mol. The number of methoxy groups -OCH3 is 1. The zero-order chi connectivity index (χ0) is 23.8. The summed E-state index contributed by atoms with van der Waals surface area (Å²) in [5, 5.41) is 28.0. The van der Waals surface area contributed by atoms with Gasteiger partial charge in [0.15, 0.2) is 0 Å². The van der Waals surface area contributed by atoms with E-state index in [0.717, 1.165) is 5.56 Å². The molecule has 3 rings (SSSR count). The van der Waals surface area contributed by atoms with Crippen LogP contribution in [0.2, 0.25) is 5.02 Å². The third-order valence-corrected chi connectivity index (χ3v) is 4.93. The molecule has 33 heavy (non-hydrogen) atoms. The van der Waals surface area contributed by atoms with E-state index in [-0.39, 0.29) is 11.7 Å². The molecule has 0 fully saturated rings. The highest BCUT2D eigenvalue weighted by molar-refractivity contribution is 6.33. The standard InChI is InChI=1S/C23H26ClN5O4/c1-14(30)11-25-7-8-27-23(32)17-9-18(24)19(10-21(17)33-2)28-22-13-26-12-20(29-22)15-3-5-16(31)6-4-15/h3-6,9-10,12-14,25,30-31H,7-8,11H2,1-2H3,(H,27,32)(H,28,29). The quantitative estimate of drug-likeness (QED) is 0.285. The number of amides is 1. The van der Waals surface area contributed by atoms with E-state index in [4.69, 9.17) is 16.3 Å². The van der Waals surface area contributed by atoms with E-state index in [1.54, 1.807) is 49.6 Å². The number of rotatable bonds is 10. The summed E-state index contributed by atoms with van der Waals surface area (Å²) in [5.41, 5.74) is 2.21. The number of anilines is 2. The van der Waals surface area contributed by atoms with Crippen molar-refractivity contribution in [2.24, 2.45) is 0 Å². The Balaban J connectivity index is 1.72. The molecular formula is C23H26ClN5O4. The summed E-state index contributed by atoms with van der Waals surface area (Å²) in [5.74, 6) is 0.637. The van der Waals surface area contributed by atoms with Crippen molar-refractivity contribution in [1.29, 1.82) is 0 Å². The fourth-order valence-corrected chi connectivity index (χ4v) is 3.21. The summed E-state index contributed by atoms with van der Waals surface area (Å²) >= 11 is 6.43. The minimum atomic E-state index is -0.453. The van der Waals surface area contributed by atoms with E-state index < -0.39 is 6.10 Å². The Bertz CT molecular complexity index is 1090. The number of hydrogen-bond acceptors (Lipinski definition) is 8. The SMILES string of the molecule is COc1cc(Nc2cncc(-c3ccc(O)cc3)n2)c(Cl)cc1C(=O)NCCNCC(C)O. The smallest absolute Gasteiger partial charge is 0.255 e. The maximum absolute atomic E-state index is 12.6. The van der Waals surface area contributed by atoms with E-state index in [1.165, 1.54) is 13.2 Å². The number of halogens is 1. The molecule has 9 nitrogen and oxygen atoms in total. The molecule has 0 bridgehead atoms. The van der Waals surface area contributed by atoms with Gasteiger partial charge in [-0.15, -0.1) is 0 Å². The summed E-state index contributed by atoms with van der Waals surface area (Å²) < 4.78 is 5.40. The van der Waals surface area contributed by atoms with Crippen molar-refractivity contribution in [3.05, 3.63) is 59.4 Å². The summed E-state index contributed by atoms with van der Waals surface area (Å²) in [6.45, 7) is 3.03. The maximum Gasteiger partial charge on any atom is 0.255 e. The van der Waals surface area contributed by atoms with Crippen molar-refractivity contribution in [3.63, 3.8) is 0 Å². The second kappa shape index (κ2) is 11.5. The molecule has 0 radical (unpaired) electrons. The average Bonchev–Trinajstić information content (AvgIpc) is 2.80. The number of aliphatic hydroxyl groups is 1. The minimum absolute atomic E-state index is 0.167. The second-order valence-corrected chi connectivity index (χ2v) is 7.71. The van der Waals surface area contributed by atoms with Gasteiger partial charge in [0, 0.05) is 31.3 Å². The van der Waals surface area contributed by atoms with Crippen LogP contribution >= 0.6 is 11.6 Å². The van der Waals surface area contributed by atoms with Crippen molar-refractivity contribution >= 4 is 29.0 Å². The number of nitrogens with zero attached hydrogens (tertiary/aromatic N) is 2. The van der Waals surface area contributed by atoms with Crippen LogP contribution in [0.4, 0.5) is 11.5 Å². The van der Waals surface area contributed by atoms with Gasteiger partial charge in [0.2, 0.25) is 0 Å². The molecule has 0 aliphatic rings. The van der Waals surface area contributed by atoms with Crippen LogP contribution in [0.1, 0.15) is 17.3 Å². The van der Waals surface area contributed by atoms with Crippen molar-refractivity contribution in [2.75, 3.05) is 32.1 Å². The number of aliphatic hydroxyl groups excluding tert-OH is 1. The Kier molecular flexibility index (Phi) is 8.42. The van der Waals surface area contributed by atoms with Crippen LogP contribution in [0.15, 0.2) is 48.8 Å². The van der Waals surface area contributed by atoms with Gasteiger partial charge in [-0.25, -0.2) is 4.98 Å². The van der Waals surface area contributed by atoms with Crippen LogP contribution < -0.4 is 20.7 Å². The number of benzene rings is 2. The van der Waals surface area contributed by atoms with Gasteiger partial charge in [-0.05, 0) is 37.3 Å². The lowest BCUT2D eigenvalue weighted by Crippen LogP contribution is -2.34. The molecule has 0 spiro atoms. The van der Waals surface area contributed by atoms with Crippen molar-refractivity contribution in [1.82, 2.24) is 20.6 Å². The molecule has 0 aliphatic carbocycles. The van der Waals surface area contributed by atoms with Gasteiger partial charge in [-0.1, -0.05) is 11.6 Å². The Morgan fingerprint density at radius 2 is 1.94 bits per heavy atom. The summed E-state index contributed by atoms with van der Waals surface area (Å²) in [6, 6.07) is 9.78. The Hall–Kier alpha value is -3.40. The number of carbonyl (C=O) groups is 1. The first kappa shape index (κ1) is 24.2. The molecule has 3 aromatic rings. The highest BCUT2D eigenvalue weighted by atomic mass is 35.5. The van der Waals surface area contributed by atoms with Gasteiger partial charge in [-0.2, -0.15) is 0 Å². The maximum atomic E-state index is 12.6. The lowest BCUT2D eigenvalue weighted by molar-refractivity contribution is 0.0950. The first-order chi connectivity index (χ1) is 15.9. The predicted molar refractivity (Wildman–Crippen MR) is 127 cm³/mol. The van der Waals surface area contributed by atoms with Crippen LogP contribution in [-0.2, 0) is 0 Å². The second-order valence-electron chi connectivity index (χ2n) is 7.30. The van der Waals surface area contributed by atoms with E-state index in [1.807, 2.05) is 0 Å². The summed E-state index contributed by atoms with van der Waals surface area (Å²) in [6.07, 6.45) is 2.71. The van der Waals surface area contributed by atoms with Gasteiger partial charge < -0.3 is 30.9 Å². The van der Waals surface area contributed by atoms with Crippen molar-refractivity contribution in [2.45, 2.75) is 13.0 Å². The fraction of sp³-hybridized carbons (Fsp3) is 0.261. The summed E-state index contributed by atoms with van der Waals surface area (Å²) in [7, 11) is 1.47. The minimum Gasteiger partial charge on any atom is -0.508 e. The van der Waals surface area contributed by atoms with Crippen molar-refractivity contribution < 1.29 is 19.7 Å². The van der Waals surface area contributed by atoms with E-state index >= 15 is 0 Å². The molecule has 0 saturated carbocycles. The van der Waals surface area contributed by atoms with Gasteiger partial charge in [-0.3, -0.25) is 9.78 Å². The molecule has 2 aromatic carbocycles. The molecule has 10 heteroatoms. The molecule has 0 aliphatic heterocycles. The molecule has 0 saturated heterocycles. The predicted octanol–water partition coefficient (Wildman–Crippen LogP) is 2.96.